The molecule has 1 unspecified atom stereocenters. The minimum atomic E-state index is 0.565. The number of nitrogens with zero attached hydrogens (tertiary/aromatic N) is 3. The summed E-state index contributed by atoms with van der Waals surface area (Å²) in [6, 6.07) is 0. The Bertz CT molecular complexity index is 444. The molecule has 1 aliphatic rings. The van der Waals surface area contributed by atoms with E-state index >= 15 is 0 Å². The van der Waals surface area contributed by atoms with Crippen LogP contribution in [0.4, 0.5) is 5.82 Å². The highest BCUT2D eigenvalue weighted by molar-refractivity contribution is 5.52. The van der Waals surface area contributed by atoms with Crippen molar-refractivity contribution < 1.29 is 0 Å². The van der Waals surface area contributed by atoms with Crippen LogP contribution in [0, 0.1) is 5.92 Å². The highest BCUT2D eigenvalue weighted by Crippen LogP contribution is 2.29. The van der Waals surface area contributed by atoms with Crippen LogP contribution in [0.3, 0.4) is 0 Å². The Balaban J connectivity index is 2.28. The van der Waals surface area contributed by atoms with Crippen molar-refractivity contribution >= 4 is 5.82 Å². The fraction of sp³-hybridized carbons (Fsp3) is 0.750. The Morgan fingerprint density at radius 2 is 1.95 bits per heavy atom. The minimum absolute atomic E-state index is 0.565. The van der Waals surface area contributed by atoms with Crippen molar-refractivity contribution in [3.05, 3.63) is 16.8 Å². The number of rotatable bonds is 6. The maximum Gasteiger partial charge on any atom is 0.156 e. The monoisotopic (exact) mass is 276 g/mol. The quantitative estimate of drug-likeness (QED) is 0.868. The third kappa shape index (κ3) is 2.95. The summed E-state index contributed by atoms with van der Waals surface area (Å²) in [5.74, 6) is 1.85. The van der Waals surface area contributed by atoms with Gasteiger partial charge in [0.15, 0.2) is 5.82 Å². The Labute approximate surface area is 122 Å². The van der Waals surface area contributed by atoms with Crippen LogP contribution in [0.15, 0.2) is 0 Å². The molecule has 0 radical (unpaired) electrons. The van der Waals surface area contributed by atoms with Gasteiger partial charge >= 0.3 is 0 Å². The van der Waals surface area contributed by atoms with Crippen LogP contribution in [0.25, 0.3) is 0 Å². The Morgan fingerprint density at radius 1 is 1.15 bits per heavy atom. The van der Waals surface area contributed by atoms with Crippen LogP contribution in [0.1, 0.15) is 56.9 Å². The fourth-order valence-corrected chi connectivity index (χ4v) is 3.38. The second-order valence-corrected chi connectivity index (χ2v) is 5.73. The Kier molecular flexibility index (Phi) is 5.35. The summed E-state index contributed by atoms with van der Waals surface area (Å²) in [4.78, 5) is 2.40. The Hall–Kier alpha value is -1.16. The van der Waals surface area contributed by atoms with Gasteiger partial charge in [0.25, 0.3) is 0 Å². The second kappa shape index (κ2) is 7.02. The number of hydrogen-bond donors (Lipinski definition) is 1. The molecule has 2 heterocycles. The molecular formula is C16H28N4. The zero-order valence-electron chi connectivity index (χ0n) is 13.2. The number of aromatic nitrogens is 2. The summed E-state index contributed by atoms with van der Waals surface area (Å²) in [5.41, 5.74) is 9.67. The lowest BCUT2D eigenvalue weighted by Gasteiger charge is -2.22. The zero-order chi connectivity index (χ0) is 14.5. The van der Waals surface area contributed by atoms with Crippen molar-refractivity contribution in [3.63, 3.8) is 0 Å². The molecule has 0 spiro atoms. The van der Waals surface area contributed by atoms with Gasteiger partial charge in [-0.3, -0.25) is 0 Å². The summed E-state index contributed by atoms with van der Waals surface area (Å²) in [6.45, 7) is 9.36. The third-order valence-electron chi connectivity index (χ3n) is 4.42. The first kappa shape index (κ1) is 15.2. The molecule has 1 aromatic heterocycles. The van der Waals surface area contributed by atoms with Crippen LogP contribution in [0.2, 0.25) is 0 Å². The molecule has 0 saturated carbocycles. The molecule has 112 valence electrons. The molecule has 4 heteroatoms. The van der Waals surface area contributed by atoms with Crippen molar-refractivity contribution in [2.45, 2.75) is 59.4 Å². The van der Waals surface area contributed by atoms with Gasteiger partial charge in [0.2, 0.25) is 0 Å². The van der Waals surface area contributed by atoms with Gasteiger partial charge in [-0.1, -0.05) is 27.2 Å². The lowest BCUT2D eigenvalue weighted by molar-refractivity contribution is 0.529. The molecule has 4 nitrogen and oxygen atoms in total. The minimum Gasteiger partial charge on any atom is -0.355 e. The van der Waals surface area contributed by atoms with E-state index in [1.54, 1.807) is 0 Å². The van der Waals surface area contributed by atoms with Gasteiger partial charge in [0.05, 0.1) is 5.69 Å². The predicted octanol–water partition coefficient (Wildman–Crippen LogP) is 2.69. The van der Waals surface area contributed by atoms with E-state index in [9.17, 15) is 0 Å². The summed E-state index contributed by atoms with van der Waals surface area (Å²) in [5, 5.41) is 8.95. The maximum absolute atomic E-state index is 6.02. The molecule has 20 heavy (non-hydrogen) atoms. The van der Waals surface area contributed by atoms with E-state index in [-0.39, 0.29) is 0 Å². The summed E-state index contributed by atoms with van der Waals surface area (Å²) >= 11 is 0. The largest absolute Gasteiger partial charge is 0.355 e. The van der Waals surface area contributed by atoms with E-state index in [0.717, 1.165) is 43.4 Å². The first-order valence-corrected chi connectivity index (χ1v) is 8.07. The highest BCUT2D eigenvalue weighted by Gasteiger charge is 2.26. The van der Waals surface area contributed by atoms with Gasteiger partial charge in [0.1, 0.15) is 0 Å². The van der Waals surface area contributed by atoms with Crippen LogP contribution in [-0.4, -0.2) is 23.3 Å². The molecule has 2 rings (SSSR count). The topological polar surface area (TPSA) is 55.0 Å². The molecule has 0 aromatic carbocycles. The fourth-order valence-electron chi connectivity index (χ4n) is 3.38. The number of aryl methyl sites for hydroxylation is 1. The molecule has 0 aliphatic carbocycles. The average Bonchev–Trinajstić information content (AvgIpc) is 2.94. The van der Waals surface area contributed by atoms with Gasteiger partial charge in [-0.15, -0.1) is 5.10 Å². The summed E-state index contributed by atoms with van der Waals surface area (Å²) < 4.78 is 0. The molecule has 2 N–H and O–H groups in total. The van der Waals surface area contributed by atoms with E-state index in [1.165, 1.54) is 30.4 Å². The molecule has 0 bridgehead atoms. The van der Waals surface area contributed by atoms with E-state index < -0.39 is 0 Å². The van der Waals surface area contributed by atoms with Crippen molar-refractivity contribution in [1.82, 2.24) is 10.2 Å². The van der Waals surface area contributed by atoms with Crippen LogP contribution >= 0.6 is 0 Å². The third-order valence-corrected chi connectivity index (χ3v) is 4.42. The molecular weight excluding hydrogens is 248 g/mol. The lowest BCUT2D eigenvalue weighted by Crippen LogP contribution is -2.25. The lowest BCUT2D eigenvalue weighted by atomic mass is 10.0. The summed E-state index contributed by atoms with van der Waals surface area (Å²) in [7, 11) is 0. The van der Waals surface area contributed by atoms with Gasteiger partial charge in [0, 0.05) is 25.2 Å². The van der Waals surface area contributed by atoms with Crippen LogP contribution in [-0.2, 0) is 19.4 Å². The van der Waals surface area contributed by atoms with Gasteiger partial charge in [-0.25, -0.2) is 0 Å². The maximum atomic E-state index is 6.02. The van der Waals surface area contributed by atoms with Gasteiger partial charge in [-0.05, 0) is 37.2 Å². The predicted molar refractivity (Wildman–Crippen MR) is 83.9 cm³/mol. The number of nitrogens with two attached hydrogens (primary N) is 1. The van der Waals surface area contributed by atoms with Gasteiger partial charge < -0.3 is 10.6 Å². The van der Waals surface area contributed by atoms with Crippen LogP contribution < -0.4 is 10.6 Å². The number of anilines is 1. The molecule has 1 saturated heterocycles. The molecule has 1 fully saturated rings. The van der Waals surface area contributed by atoms with E-state index in [2.05, 4.69) is 35.9 Å². The highest BCUT2D eigenvalue weighted by atomic mass is 15.3. The molecule has 0 amide bonds. The van der Waals surface area contributed by atoms with Gasteiger partial charge in [-0.2, -0.15) is 5.10 Å². The first-order valence-electron chi connectivity index (χ1n) is 8.07. The van der Waals surface area contributed by atoms with Crippen molar-refractivity contribution in [2.24, 2.45) is 11.7 Å². The van der Waals surface area contributed by atoms with Crippen LogP contribution in [0.5, 0.6) is 0 Å². The second-order valence-electron chi connectivity index (χ2n) is 5.73. The van der Waals surface area contributed by atoms with Crippen molar-refractivity contribution in [1.29, 1.82) is 0 Å². The van der Waals surface area contributed by atoms with E-state index in [4.69, 9.17) is 5.73 Å². The standard InChI is InChI=1S/C16H28N4/c1-4-7-12-8-9-20(11-12)16-14(10-17)13(5-2)15(6-3)18-19-16/h12H,4-11,17H2,1-3H3. The first-order chi connectivity index (χ1) is 9.74. The van der Waals surface area contributed by atoms with Crippen molar-refractivity contribution in [3.8, 4) is 0 Å². The van der Waals surface area contributed by atoms with E-state index in [1.807, 2.05) is 0 Å². The molecule has 1 atom stereocenters. The molecule has 1 aromatic rings. The van der Waals surface area contributed by atoms with E-state index in [0.29, 0.717) is 6.54 Å². The average molecular weight is 276 g/mol. The molecule has 1 aliphatic heterocycles. The number of hydrogen-bond acceptors (Lipinski definition) is 4. The smallest absolute Gasteiger partial charge is 0.156 e. The summed E-state index contributed by atoms with van der Waals surface area (Å²) in [6.07, 6.45) is 5.78. The van der Waals surface area contributed by atoms with Crippen molar-refractivity contribution in [2.75, 3.05) is 18.0 Å². The Morgan fingerprint density at radius 3 is 2.55 bits per heavy atom. The SMILES string of the molecule is CCCC1CCN(c2nnc(CC)c(CC)c2CN)C1. The normalized spacial score (nSPS) is 18.8. The zero-order valence-corrected chi connectivity index (χ0v) is 13.2.